The molecule has 4 rings (SSSR count). The second kappa shape index (κ2) is 7.60. The number of nitrogens with one attached hydrogen (secondary N) is 1. The second-order valence-electron chi connectivity index (χ2n) is 6.79. The van der Waals surface area contributed by atoms with Gasteiger partial charge in [0.1, 0.15) is 0 Å². The number of amides is 1. The van der Waals surface area contributed by atoms with Gasteiger partial charge in [0.15, 0.2) is 0 Å². The predicted octanol–water partition coefficient (Wildman–Crippen LogP) is 3.61. The quantitative estimate of drug-likeness (QED) is 0.582. The third kappa shape index (κ3) is 3.76. The zero-order valence-electron chi connectivity index (χ0n) is 15.8. The van der Waals surface area contributed by atoms with E-state index in [1.807, 2.05) is 61.0 Å². The first-order chi connectivity index (χ1) is 13.6. The third-order valence-electron chi connectivity index (χ3n) is 4.80. The molecule has 0 fully saturated rings. The van der Waals surface area contributed by atoms with Gasteiger partial charge in [-0.1, -0.05) is 30.3 Å². The summed E-state index contributed by atoms with van der Waals surface area (Å²) in [6.07, 6.45) is 5.37. The van der Waals surface area contributed by atoms with Crippen LogP contribution in [0.25, 0.3) is 11.0 Å². The van der Waals surface area contributed by atoms with Gasteiger partial charge in [-0.25, -0.2) is 15.0 Å². The van der Waals surface area contributed by atoms with E-state index in [2.05, 4.69) is 20.3 Å². The second-order valence-corrected chi connectivity index (χ2v) is 6.79. The van der Waals surface area contributed by atoms with Gasteiger partial charge >= 0.3 is 0 Å². The molecular formula is C22H21N5O. The number of hydrogen-bond acceptors (Lipinski definition) is 4. The largest absolute Gasteiger partial charge is 0.343 e. The highest BCUT2D eigenvalue weighted by molar-refractivity contribution is 5.97. The molecule has 140 valence electrons. The number of benzene rings is 2. The van der Waals surface area contributed by atoms with Crippen molar-refractivity contribution in [2.24, 2.45) is 0 Å². The summed E-state index contributed by atoms with van der Waals surface area (Å²) in [5, 5.41) is 3.14. The third-order valence-corrected chi connectivity index (χ3v) is 4.80. The first kappa shape index (κ1) is 17.9. The van der Waals surface area contributed by atoms with Crippen molar-refractivity contribution in [3.05, 3.63) is 89.8 Å². The average Bonchev–Trinajstić information content (AvgIpc) is 3.22. The fourth-order valence-corrected chi connectivity index (χ4v) is 3.14. The summed E-state index contributed by atoms with van der Waals surface area (Å²) >= 11 is 0. The zero-order valence-corrected chi connectivity index (χ0v) is 15.8. The van der Waals surface area contributed by atoms with Crippen LogP contribution in [0, 0.1) is 13.8 Å². The fraction of sp³-hybridized carbons (Fsp3) is 0.182. The highest BCUT2D eigenvalue weighted by Crippen LogP contribution is 2.18. The maximum atomic E-state index is 13.0. The molecule has 0 bridgehead atoms. The molecular weight excluding hydrogens is 350 g/mol. The summed E-state index contributed by atoms with van der Waals surface area (Å²) in [7, 11) is 0. The average molecular weight is 371 g/mol. The zero-order chi connectivity index (χ0) is 19.5. The molecule has 0 aliphatic carbocycles. The first-order valence-corrected chi connectivity index (χ1v) is 9.17. The number of carbonyl (C=O) groups is 1. The smallest absolute Gasteiger partial charge is 0.251 e. The summed E-state index contributed by atoms with van der Waals surface area (Å²) in [6.45, 7) is 4.45. The van der Waals surface area contributed by atoms with Crippen LogP contribution in [0.2, 0.25) is 0 Å². The van der Waals surface area contributed by atoms with Crippen LogP contribution in [-0.2, 0) is 6.54 Å². The van der Waals surface area contributed by atoms with Crippen molar-refractivity contribution in [3.8, 4) is 0 Å². The van der Waals surface area contributed by atoms with Gasteiger partial charge in [-0.3, -0.25) is 4.79 Å². The SMILES string of the molecule is Cc1nc2ccc(C(=O)NC(Cn3ccnc3)c3ccccc3)cc2nc1C. The molecule has 0 saturated heterocycles. The van der Waals surface area contributed by atoms with Crippen LogP contribution in [0.4, 0.5) is 0 Å². The monoisotopic (exact) mass is 371 g/mol. The minimum absolute atomic E-state index is 0.143. The standard InChI is InChI=1S/C22H21N5O/c1-15-16(2)25-20-12-18(8-9-19(20)24-15)22(28)26-21(13-27-11-10-23-14-27)17-6-4-3-5-7-17/h3-12,14,21H,13H2,1-2H3,(H,26,28). The molecule has 1 atom stereocenters. The summed E-state index contributed by atoms with van der Waals surface area (Å²) in [5.41, 5.74) is 4.88. The summed E-state index contributed by atoms with van der Waals surface area (Å²) in [6, 6.07) is 15.2. The van der Waals surface area contributed by atoms with Gasteiger partial charge in [-0.2, -0.15) is 0 Å². The van der Waals surface area contributed by atoms with E-state index in [1.54, 1.807) is 24.7 Å². The van der Waals surface area contributed by atoms with Gasteiger partial charge in [-0.15, -0.1) is 0 Å². The van der Waals surface area contributed by atoms with E-state index in [9.17, 15) is 4.79 Å². The van der Waals surface area contributed by atoms with Gasteiger partial charge in [0.05, 0.1) is 34.8 Å². The van der Waals surface area contributed by atoms with Crippen LogP contribution in [0.3, 0.4) is 0 Å². The van der Waals surface area contributed by atoms with Crippen LogP contribution in [-0.4, -0.2) is 25.4 Å². The summed E-state index contributed by atoms with van der Waals surface area (Å²) in [5.74, 6) is -0.143. The molecule has 0 aliphatic heterocycles. The van der Waals surface area contributed by atoms with Crippen molar-refractivity contribution in [3.63, 3.8) is 0 Å². The van der Waals surface area contributed by atoms with Crippen LogP contribution >= 0.6 is 0 Å². The fourth-order valence-electron chi connectivity index (χ4n) is 3.14. The Hall–Kier alpha value is -3.54. The Morgan fingerprint density at radius 2 is 1.79 bits per heavy atom. The summed E-state index contributed by atoms with van der Waals surface area (Å²) in [4.78, 5) is 26.2. The Balaban J connectivity index is 1.62. The normalized spacial score (nSPS) is 12.1. The predicted molar refractivity (Wildman–Crippen MR) is 108 cm³/mol. The Morgan fingerprint density at radius 1 is 1.04 bits per heavy atom. The lowest BCUT2D eigenvalue weighted by Crippen LogP contribution is -2.31. The highest BCUT2D eigenvalue weighted by Gasteiger charge is 2.17. The number of nitrogens with zero attached hydrogens (tertiary/aromatic N) is 4. The molecule has 0 radical (unpaired) electrons. The van der Waals surface area contributed by atoms with E-state index >= 15 is 0 Å². The van der Waals surface area contributed by atoms with Crippen LogP contribution < -0.4 is 5.32 Å². The molecule has 4 aromatic rings. The molecule has 0 saturated carbocycles. The number of rotatable bonds is 5. The van der Waals surface area contributed by atoms with E-state index in [4.69, 9.17) is 0 Å². The van der Waals surface area contributed by atoms with E-state index in [-0.39, 0.29) is 11.9 Å². The van der Waals surface area contributed by atoms with Gasteiger partial charge in [0.25, 0.3) is 5.91 Å². The Labute approximate surface area is 163 Å². The lowest BCUT2D eigenvalue weighted by atomic mass is 10.1. The number of hydrogen-bond donors (Lipinski definition) is 1. The molecule has 2 aromatic heterocycles. The van der Waals surface area contributed by atoms with Crippen molar-refractivity contribution in [2.75, 3.05) is 0 Å². The van der Waals surface area contributed by atoms with Crippen LogP contribution in [0.5, 0.6) is 0 Å². The first-order valence-electron chi connectivity index (χ1n) is 9.17. The molecule has 28 heavy (non-hydrogen) atoms. The minimum Gasteiger partial charge on any atom is -0.343 e. The van der Waals surface area contributed by atoms with Crippen molar-refractivity contribution < 1.29 is 4.79 Å². The van der Waals surface area contributed by atoms with E-state index in [0.717, 1.165) is 28.0 Å². The van der Waals surface area contributed by atoms with Crippen LogP contribution in [0.1, 0.15) is 33.4 Å². The van der Waals surface area contributed by atoms with Gasteiger partial charge < -0.3 is 9.88 Å². The van der Waals surface area contributed by atoms with Crippen molar-refractivity contribution in [1.29, 1.82) is 0 Å². The van der Waals surface area contributed by atoms with Gasteiger partial charge in [-0.05, 0) is 37.6 Å². The van der Waals surface area contributed by atoms with Gasteiger partial charge in [0, 0.05) is 24.5 Å². The molecule has 1 amide bonds. The molecule has 2 heterocycles. The van der Waals surface area contributed by atoms with Crippen molar-refractivity contribution in [2.45, 2.75) is 26.4 Å². The molecule has 2 aromatic carbocycles. The molecule has 6 heteroatoms. The van der Waals surface area contributed by atoms with Crippen molar-refractivity contribution >= 4 is 16.9 Å². The molecule has 1 N–H and O–H groups in total. The Morgan fingerprint density at radius 3 is 2.50 bits per heavy atom. The van der Waals surface area contributed by atoms with Crippen molar-refractivity contribution in [1.82, 2.24) is 24.8 Å². The number of fused-ring (bicyclic) bond motifs is 1. The number of aryl methyl sites for hydroxylation is 2. The molecule has 6 nitrogen and oxygen atoms in total. The van der Waals surface area contributed by atoms with Crippen LogP contribution in [0.15, 0.2) is 67.3 Å². The number of carbonyl (C=O) groups excluding carboxylic acids is 1. The van der Waals surface area contributed by atoms with Gasteiger partial charge in [0.2, 0.25) is 0 Å². The number of imidazole rings is 1. The molecule has 0 aliphatic rings. The minimum atomic E-state index is -0.176. The topological polar surface area (TPSA) is 72.7 Å². The Kier molecular flexibility index (Phi) is 4.85. The summed E-state index contributed by atoms with van der Waals surface area (Å²) < 4.78 is 1.95. The van der Waals surface area contributed by atoms with E-state index in [1.165, 1.54) is 0 Å². The van der Waals surface area contributed by atoms with E-state index in [0.29, 0.717) is 12.1 Å². The molecule has 1 unspecified atom stereocenters. The Bertz CT molecular complexity index is 1110. The molecule has 0 spiro atoms. The maximum Gasteiger partial charge on any atom is 0.251 e. The van der Waals surface area contributed by atoms with E-state index < -0.39 is 0 Å². The highest BCUT2D eigenvalue weighted by atomic mass is 16.1. The lowest BCUT2D eigenvalue weighted by molar-refractivity contribution is 0.0932. The lowest BCUT2D eigenvalue weighted by Gasteiger charge is -2.20. The maximum absolute atomic E-state index is 13.0. The number of aromatic nitrogens is 4.